The second-order valence-electron chi connectivity index (χ2n) is 7.67. The van der Waals surface area contributed by atoms with Crippen LogP contribution in [0.2, 0.25) is 0 Å². The van der Waals surface area contributed by atoms with Crippen LogP contribution in [0, 0.1) is 0 Å². The van der Waals surface area contributed by atoms with Crippen LogP contribution in [0.1, 0.15) is 12.0 Å². The quantitative estimate of drug-likeness (QED) is 0.518. The van der Waals surface area contributed by atoms with E-state index in [1.54, 1.807) is 26.4 Å². The second kappa shape index (κ2) is 9.60. The Hall–Kier alpha value is -4.07. The average molecular weight is 447 g/mol. The van der Waals surface area contributed by atoms with Crippen molar-refractivity contribution in [1.82, 2.24) is 10.6 Å². The van der Waals surface area contributed by atoms with Crippen molar-refractivity contribution in [2.75, 3.05) is 25.7 Å². The van der Waals surface area contributed by atoms with E-state index < -0.39 is 18.0 Å². The smallest absolute Gasteiger partial charge is 0.329 e. The number of fused-ring (bicyclic) bond motifs is 1. The first kappa shape index (κ1) is 22.1. The lowest BCUT2D eigenvalue weighted by molar-refractivity contribution is -0.125. The topological polar surface area (TPSA) is 97.0 Å². The maximum Gasteiger partial charge on any atom is 0.329 e. The number of carbonyl (C=O) groups is 3. The van der Waals surface area contributed by atoms with Crippen LogP contribution in [-0.2, 0) is 16.0 Å². The summed E-state index contributed by atoms with van der Waals surface area (Å²) in [6.07, 6.45) is 0.455. The molecule has 1 fully saturated rings. The Balaban J connectivity index is 1.36. The summed E-state index contributed by atoms with van der Waals surface area (Å²) in [6.45, 7) is 0.385. The molecule has 0 saturated carbocycles. The third-order valence-electron chi connectivity index (χ3n) is 5.60. The summed E-state index contributed by atoms with van der Waals surface area (Å²) < 4.78 is 10.5. The number of urea groups is 1. The zero-order valence-corrected chi connectivity index (χ0v) is 18.5. The zero-order valence-electron chi connectivity index (χ0n) is 18.5. The first-order valence-electron chi connectivity index (χ1n) is 10.6. The molecule has 4 amide bonds. The number of rotatable bonds is 8. The van der Waals surface area contributed by atoms with E-state index in [1.165, 1.54) is 0 Å². The molecule has 170 valence electrons. The largest absolute Gasteiger partial charge is 0.493 e. The summed E-state index contributed by atoms with van der Waals surface area (Å²) >= 11 is 0. The number of imide groups is 1. The maximum atomic E-state index is 13.0. The van der Waals surface area contributed by atoms with Gasteiger partial charge in [-0.1, -0.05) is 42.5 Å². The van der Waals surface area contributed by atoms with Crippen molar-refractivity contribution in [3.8, 4) is 11.5 Å². The van der Waals surface area contributed by atoms with Crippen molar-refractivity contribution >= 4 is 34.3 Å². The standard InChI is InChI=1S/C25H25N3O5/c1-32-21-11-10-16(14-22(21)33-2)12-13-26-23(29)15-19-24(30)28(25(31)27-19)20-9-5-7-17-6-3-4-8-18(17)20/h3-11,14,19H,12-13,15H2,1-2H3,(H,26,29)(H,27,31)/t19-/m0/s1. The number of amides is 4. The van der Waals surface area contributed by atoms with Gasteiger partial charge in [0, 0.05) is 11.9 Å². The molecule has 1 saturated heterocycles. The predicted octanol–water partition coefficient (Wildman–Crippen LogP) is 3.03. The maximum absolute atomic E-state index is 13.0. The molecule has 8 nitrogen and oxygen atoms in total. The van der Waals surface area contributed by atoms with Gasteiger partial charge in [-0.2, -0.15) is 0 Å². The Morgan fingerprint density at radius 1 is 1.00 bits per heavy atom. The van der Waals surface area contributed by atoms with Gasteiger partial charge in [0.25, 0.3) is 5.91 Å². The number of hydrogen-bond donors (Lipinski definition) is 2. The van der Waals surface area contributed by atoms with Crippen molar-refractivity contribution in [3.63, 3.8) is 0 Å². The predicted molar refractivity (Wildman–Crippen MR) is 125 cm³/mol. The molecule has 4 rings (SSSR count). The number of nitrogens with zero attached hydrogens (tertiary/aromatic N) is 1. The van der Waals surface area contributed by atoms with Crippen molar-refractivity contribution in [1.29, 1.82) is 0 Å². The molecule has 1 aliphatic heterocycles. The highest BCUT2D eigenvalue weighted by molar-refractivity contribution is 6.24. The van der Waals surface area contributed by atoms with E-state index in [0.29, 0.717) is 30.2 Å². The number of hydrogen-bond acceptors (Lipinski definition) is 5. The summed E-state index contributed by atoms with van der Waals surface area (Å²) in [5.41, 5.74) is 1.48. The second-order valence-corrected chi connectivity index (χ2v) is 7.67. The van der Waals surface area contributed by atoms with Gasteiger partial charge in [0.05, 0.1) is 26.3 Å². The molecule has 2 N–H and O–H groups in total. The number of methoxy groups -OCH3 is 2. The van der Waals surface area contributed by atoms with E-state index in [2.05, 4.69) is 10.6 Å². The van der Waals surface area contributed by atoms with E-state index in [4.69, 9.17) is 9.47 Å². The van der Waals surface area contributed by atoms with Gasteiger partial charge in [-0.15, -0.1) is 0 Å². The van der Waals surface area contributed by atoms with Crippen molar-refractivity contribution in [2.24, 2.45) is 0 Å². The average Bonchev–Trinajstić information content (AvgIpc) is 3.10. The minimum absolute atomic E-state index is 0.127. The van der Waals surface area contributed by atoms with E-state index >= 15 is 0 Å². The van der Waals surface area contributed by atoms with Crippen LogP contribution in [0.5, 0.6) is 11.5 Å². The molecule has 1 aliphatic rings. The SMILES string of the molecule is COc1ccc(CCNC(=O)C[C@@H]2NC(=O)N(c3cccc4ccccc34)C2=O)cc1OC. The molecule has 0 radical (unpaired) electrons. The van der Waals surface area contributed by atoms with Crippen LogP contribution in [0.15, 0.2) is 60.7 Å². The highest BCUT2D eigenvalue weighted by Crippen LogP contribution is 2.30. The fraction of sp³-hybridized carbons (Fsp3) is 0.240. The van der Waals surface area contributed by atoms with Crippen molar-refractivity contribution < 1.29 is 23.9 Å². The summed E-state index contributed by atoms with van der Waals surface area (Å²) in [4.78, 5) is 39.1. The number of ether oxygens (including phenoxy) is 2. The van der Waals surface area contributed by atoms with E-state index in [1.807, 2.05) is 48.5 Å². The highest BCUT2D eigenvalue weighted by Gasteiger charge is 2.40. The van der Waals surface area contributed by atoms with Crippen molar-refractivity contribution in [3.05, 3.63) is 66.2 Å². The molecule has 3 aromatic rings. The van der Waals surface area contributed by atoms with Gasteiger partial charge in [-0.3, -0.25) is 9.59 Å². The summed E-state index contributed by atoms with van der Waals surface area (Å²) in [6, 6.07) is 17.1. The fourth-order valence-electron chi connectivity index (χ4n) is 3.94. The van der Waals surface area contributed by atoms with Gasteiger partial charge in [0.2, 0.25) is 5.91 Å². The molecule has 33 heavy (non-hydrogen) atoms. The molecule has 0 bridgehead atoms. The van der Waals surface area contributed by atoms with Crippen LogP contribution in [0.3, 0.4) is 0 Å². The van der Waals surface area contributed by atoms with Gasteiger partial charge in [-0.25, -0.2) is 9.69 Å². The zero-order chi connectivity index (χ0) is 23.4. The number of nitrogens with one attached hydrogen (secondary N) is 2. The third kappa shape index (κ3) is 4.59. The van der Waals surface area contributed by atoms with E-state index in [9.17, 15) is 14.4 Å². The summed E-state index contributed by atoms with van der Waals surface area (Å²) in [7, 11) is 3.14. The van der Waals surface area contributed by atoms with E-state index in [0.717, 1.165) is 21.2 Å². The van der Waals surface area contributed by atoms with E-state index in [-0.39, 0.29) is 12.3 Å². The molecule has 0 unspecified atom stereocenters. The lowest BCUT2D eigenvalue weighted by Crippen LogP contribution is -2.37. The number of carbonyl (C=O) groups excluding carboxylic acids is 3. The van der Waals surface area contributed by atoms with Gasteiger partial charge in [0.15, 0.2) is 11.5 Å². The lowest BCUT2D eigenvalue weighted by atomic mass is 10.1. The monoisotopic (exact) mass is 447 g/mol. The van der Waals surface area contributed by atoms with Crippen LogP contribution in [-0.4, -0.2) is 44.7 Å². The molecular weight excluding hydrogens is 422 g/mol. The fourth-order valence-corrected chi connectivity index (χ4v) is 3.94. The first-order valence-corrected chi connectivity index (χ1v) is 10.6. The minimum Gasteiger partial charge on any atom is -0.493 e. The molecule has 8 heteroatoms. The Morgan fingerprint density at radius 2 is 1.76 bits per heavy atom. The first-order chi connectivity index (χ1) is 16.0. The summed E-state index contributed by atoms with van der Waals surface area (Å²) in [5, 5.41) is 7.16. The van der Waals surface area contributed by atoms with Gasteiger partial charge in [0.1, 0.15) is 6.04 Å². The Morgan fingerprint density at radius 3 is 2.55 bits per heavy atom. The number of anilines is 1. The van der Waals surface area contributed by atoms with Crippen molar-refractivity contribution in [2.45, 2.75) is 18.9 Å². The Bertz CT molecular complexity index is 1200. The van der Waals surface area contributed by atoms with Crippen LogP contribution in [0.25, 0.3) is 10.8 Å². The summed E-state index contributed by atoms with van der Waals surface area (Å²) in [5.74, 6) is 0.505. The third-order valence-corrected chi connectivity index (χ3v) is 5.60. The van der Waals surface area contributed by atoms with Gasteiger partial charge in [-0.05, 0) is 35.6 Å². The van der Waals surface area contributed by atoms with Crippen LogP contribution >= 0.6 is 0 Å². The van der Waals surface area contributed by atoms with Gasteiger partial charge >= 0.3 is 6.03 Å². The molecule has 0 aromatic heterocycles. The molecule has 1 heterocycles. The molecule has 0 aliphatic carbocycles. The Kier molecular flexibility index (Phi) is 6.44. The molecule has 0 spiro atoms. The van der Waals surface area contributed by atoms with Crippen LogP contribution in [0.4, 0.5) is 10.5 Å². The normalized spacial score (nSPS) is 15.5. The molecular formula is C25H25N3O5. The highest BCUT2D eigenvalue weighted by atomic mass is 16.5. The minimum atomic E-state index is -0.905. The molecule has 3 aromatic carbocycles. The van der Waals surface area contributed by atoms with Gasteiger partial charge < -0.3 is 20.1 Å². The number of benzene rings is 3. The Labute approximate surface area is 191 Å². The van der Waals surface area contributed by atoms with Crippen LogP contribution < -0.4 is 25.0 Å². The lowest BCUT2D eigenvalue weighted by Gasteiger charge is -2.15. The molecule has 1 atom stereocenters.